The van der Waals surface area contributed by atoms with Gasteiger partial charge >= 0.3 is 0 Å². The number of aliphatic hydroxyl groups excluding tert-OH is 1. The summed E-state index contributed by atoms with van der Waals surface area (Å²) in [6, 6.07) is 0. The third-order valence-electron chi connectivity index (χ3n) is 1.60. The van der Waals surface area contributed by atoms with Gasteiger partial charge in [-0.3, -0.25) is 0 Å². The molecule has 0 unspecified atom stereocenters. The third-order valence-corrected chi connectivity index (χ3v) is 1.60. The Balaban J connectivity index is 2.38. The third kappa shape index (κ3) is 1.80. The number of methoxy groups -OCH3 is 1. The van der Waals surface area contributed by atoms with Gasteiger partial charge in [-0.05, 0) is 12.8 Å². The Hall–Kier alpha value is -0.340. The molecule has 0 bridgehead atoms. The molecule has 0 aliphatic heterocycles. The van der Waals surface area contributed by atoms with Crippen LogP contribution in [-0.2, 0) is 4.74 Å². The molecule has 52 valence electrons. The van der Waals surface area contributed by atoms with E-state index in [-0.39, 0.29) is 12.2 Å². The molecular formula is C7H12O2. The molecule has 2 atom stereocenters. The number of aliphatic hydroxyl groups is 1. The number of hydrogen-bond acceptors (Lipinski definition) is 2. The highest BCUT2D eigenvalue weighted by Crippen LogP contribution is 2.12. The average Bonchev–Trinajstić information content (AvgIpc) is 1.90. The number of ether oxygens (including phenoxy) is 1. The van der Waals surface area contributed by atoms with Crippen molar-refractivity contribution in [1.82, 2.24) is 0 Å². The van der Waals surface area contributed by atoms with Crippen molar-refractivity contribution in [2.75, 3.05) is 7.11 Å². The van der Waals surface area contributed by atoms with Crippen LogP contribution >= 0.6 is 0 Å². The van der Waals surface area contributed by atoms with E-state index in [2.05, 4.69) is 0 Å². The summed E-state index contributed by atoms with van der Waals surface area (Å²) in [6.45, 7) is 0. The summed E-state index contributed by atoms with van der Waals surface area (Å²) in [6.07, 6.45) is 5.46. The van der Waals surface area contributed by atoms with Gasteiger partial charge in [0, 0.05) is 7.11 Å². The van der Waals surface area contributed by atoms with Gasteiger partial charge in [-0.2, -0.15) is 0 Å². The van der Waals surface area contributed by atoms with Gasteiger partial charge in [0.25, 0.3) is 0 Å². The van der Waals surface area contributed by atoms with Crippen LogP contribution in [0.4, 0.5) is 0 Å². The molecule has 1 aliphatic carbocycles. The Labute approximate surface area is 55.1 Å². The molecule has 0 saturated heterocycles. The normalized spacial score (nSPS) is 34.9. The molecule has 2 nitrogen and oxygen atoms in total. The minimum absolute atomic E-state index is 0.230. The van der Waals surface area contributed by atoms with E-state index < -0.39 is 0 Å². The smallest absolute Gasteiger partial charge is 0.0754 e. The first-order valence-electron chi connectivity index (χ1n) is 3.22. The summed E-state index contributed by atoms with van der Waals surface area (Å²) in [5, 5.41) is 8.98. The van der Waals surface area contributed by atoms with Crippen LogP contribution < -0.4 is 0 Å². The van der Waals surface area contributed by atoms with Crippen LogP contribution in [0, 0.1) is 0 Å². The molecule has 0 aromatic heterocycles. The molecule has 0 radical (unpaired) electrons. The second-order valence-electron chi connectivity index (χ2n) is 2.30. The Morgan fingerprint density at radius 3 is 2.67 bits per heavy atom. The van der Waals surface area contributed by atoms with E-state index in [0.29, 0.717) is 0 Å². The molecule has 0 aromatic rings. The van der Waals surface area contributed by atoms with Crippen LogP contribution in [0.1, 0.15) is 12.8 Å². The molecule has 0 spiro atoms. The minimum Gasteiger partial charge on any atom is -0.389 e. The zero-order valence-electron chi connectivity index (χ0n) is 5.58. The fourth-order valence-corrected chi connectivity index (χ4v) is 0.976. The van der Waals surface area contributed by atoms with Crippen molar-refractivity contribution in [2.45, 2.75) is 25.0 Å². The largest absolute Gasteiger partial charge is 0.389 e. The average molecular weight is 128 g/mol. The van der Waals surface area contributed by atoms with Crippen molar-refractivity contribution < 1.29 is 9.84 Å². The molecule has 0 aromatic carbocycles. The van der Waals surface area contributed by atoms with E-state index in [0.717, 1.165) is 12.8 Å². The van der Waals surface area contributed by atoms with Gasteiger partial charge in [-0.1, -0.05) is 12.2 Å². The maximum Gasteiger partial charge on any atom is 0.0754 e. The van der Waals surface area contributed by atoms with Crippen molar-refractivity contribution in [3.63, 3.8) is 0 Å². The molecule has 1 aliphatic rings. The first-order valence-corrected chi connectivity index (χ1v) is 3.22. The molecule has 0 fully saturated rings. The highest BCUT2D eigenvalue weighted by molar-refractivity contribution is 4.99. The van der Waals surface area contributed by atoms with E-state index in [1.165, 1.54) is 0 Å². The zero-order chi connectivity index (χ0) is 6.69. The lowest BCUT2D eigenvalue weighted by Gasteiger charge is -2.17. The second kappa shape index (κ2) is 2.99. The van der Waals surface area contributed by atoms with Crippen molar-refractivity contribution in [3.05, 3.63) is 12.2 Å². The van der Waals surface area contributed by atoms with Crippen molar-refractivity contribution >= 4 is 0 Å². The van der Waals surface area contributed by atoms with Crippen LogP contribution in [0.2, 0.25) is 0 Å². The van der Waals surface area contributed by atoms with Gasteiger partial charge in [0.05, 0.1) is 12.2 Å². The molecular weight excluding hydrogens is 116 g/mol. The maximum atomic E-state index is 8.98. The van der Waals surface area contributed by atoms with Crippen molar-refractivity contribution in [3.8, 4) is 0 Å². The lowest BCUT2D eigenvalue weighted by molar-refractivity contribution is 0.102. The molecule has 1 rings (SSSR count). The number of hydrogen-bond donors (Lipinski definition) is 1. The first kappa shape index (κ1) is 6.78. The molecule has 9 heavy (non-hydrogen) atoms. The van der Waals surface area contributed by atoms with Crippen molar-refractivity contribution in [2.24, 2.45) is 0 Å². The highest BCUT2D eigenvalue weighted by Gasteiger charge is 2.11. The monoisotopic (exact) mass is 128 g/mol. The molecule has 1 N–H and O–H groups in total. The molecule has 0 heterocycles. The highest BCUT2D eigenvalue weighted by atomic mass is 16.5. The predicted octanol–water partition coefficient (Wildman–Crippen LogP) is 0.712. The van der Waals surface area contributed by atoms with E-state index in [1.807, 2.05) is 6.08 Å². The van der Waals surface area contributed by atoms with Gasteiger partial charge in [0.2, 0.25) is 0 Å². The molecule has 0 amide bonds. The zero-order valence-corrected chi connectivity index (χ0v) is 5.58. The molecule has 2 heteroatoms. The van der Waals surface area contributed by atoms with Crippen LogP contribution in [0.5, 0.6) is 0 Å². The van der Waals surface area contributed by atoms with E-state index in [1.54, 1.807) is 13.2 Å². The molecule has 0 saturated carbocycles. The van der Waals surface area contributed by atoms with Crippen LogP contribution in [0.25, 0.3) is 0 Å². The summed E-state index contributed by atoms with van der Waals surface area (Å²) in [7, 11) is 1.69. The fourth-order valence-electron chi connectivity index (χ4n) is 0.976. The topological polar surface area (TPSA) is 29.5 Å². The number of rotatable bonds is 1. The Morgan fingerprint density at radius 2 is 2.22 bits per heavy atom. The van der Waals surface area contributed by atoms with Crippen LogP contribution in [-0.4, -0.2) is 24.4 Å². The van der Waals surface area contributed by atoms with Crippen molar-refractivity contribution in [1.29, 1.82) is 0 Å². The predicted molar refractivity (Wildman–Crippen MR) is 35.2 cm³/mol. The summed E-state index contributed by atoms with van der Waals surface area (Å²) in [5.41, 5.74) is 0. The van der Waals surface area contributed by atoms with Gasteiger partial charge in [-0.15, -0.1) is 0 Å². The summed E-state index contributed by atoms with van der Waals surface area (Å²) in [4.78, 5) is 0. The van der Waals surface area contributed by atoms with E-state index in [9.17, 15) is 0 Å². The fraction of sp³-hybridized carbons (Fsp3) is 0.714. The second-order valence-corrected chi connectivity index (χ2v) is 2.30. The lowest BCUT2D eigenvalue weighted by atomic mass is 10.0. The first-order chi connectivity index (χ1) is 4.33. The lowest BCUT2D eigenvalue weighted by Crippen LogP contribution is -2.17. The standard InChI is InChI=1S/C7H12O2/c1-9-7-4-2-6(8)3-5-7/h2,4,6-8H,3,5H2,1H3/t6-,7-/m1/s1. The van der Waals surface area contributed by atoms with E-state index in [4.69, 9.17) is 9.84 Å². The summed E-state index contributed by atoms with van der Waals surface area (Å²) in [5.74, 6) is 0. The minimum atomic E-state index is -0.239. The van der Waals surface area contributed by atoms with Crippen LogP contribution in [0.3, 0.4) is 0 Å². The maximum absolute atomic E-state index is 8.98. The Bertz CT molecular complexity index is 109. The summed E-state index contributed by atoms with van der Waals surface area (Å²) >= 11 is 0. The van der Waals surface area contributed by atoms with Gasteiger partial charge in [0.1, 0.15) is 0 Å². The van der Waals surface area contributed by atoms with Gasteiger partial charge in [-0.25, -0.2) is 0 Å². The van der Waals surface area contributed by atoms with Gasteiger partial charge in [0.15, 0.2) is 0 Å². The quantitative estimate of drug-likeness (QED) is 0.527. The Morgan fingerprint density at radius 1 is 1.44 bits per heavy atom. The summed E-state index contributed by atoms with van der Waals surface area (Å²) < 4.78 is 5.04. The Kier molecular flexibility index (Phi) is 2.25. The van der Waals surface area contributed by atoms with Crippen LogP contribution in [0.15, 0.2) is 12.2 Å². The van der Waals surface area contributed by atoms with E-state index >= 15 is 0 Å². The van der Waals surface area contributed by atoms with Gasteiger partial charge < -0.3 is 9.84 Å². The SMILES string of the molecule is CO[C@@H]1C=C[C@@H](O)CC1.